The second kappa shape index (κ2) is 8.35. The fourth-order valence-electron chi connectivity index (χ4n) is 3.86. The molecule has 0 unspecified atom stereocenters. The van der Waals surface area contributed by atoms with E-state index in [1.807, 2.05) is 25.2 Å². The first-order valence-corrected chi connectivity index (χ1v) is 10.2. The van der Waals surface area contributed by atoms with Crippen LogP contribution in [0.25, 0.3) is 11.3 Å². The maximum Gasteiger partial charge on any atom is 0.232 e. The van der Waals surface area contributed by atoms with E-state index in [9.17, 15) is 0 Å². The third kappa shape index (κ3) is 4.22. The van der Waals surface area contributed by atoms with E-state index in [2.05, 4.69) is 33.8 Å². The topological polar surface area (TPSA) is 115 Å². The molecule has 31 heavy (non-hydrogen) atoms. The minimum absolute atomic E-state index is 0. The zero-order valence-corrected chi connectivity index (χ0v) is 18.2. The molecule has 0 aliphatic carbocycles. The maximum atomic E-state index is 8.85. The summed E-state index contributed by atoms with van der Waals surface area (Å²) >= 11 is 0. The van der Waals surface area contributed by atoms with Crippen LogP contribution < -0.4 is 15.4 Å². The predicted molar refractivity (Wildman–Crippen MR) is 122 cm³/mol. The average Bonchev–Trinajstić information content (AvgIpc) is 3.14. The average molecular weight is 424 g/mol. The van der Waals surface area contributed by atoms with Gasteiger partial charge in [0.1, 0.15) is 0 Å². The van der Waals surface area contributed by atoms with Crippen LogP contribution in [0.3, 0.4) is 0 Å². The van der Waals surface area contributed by atoms with Crippen molar-refractivity contribution in [1.82, 2.24) is 19.7 Å². The Morgan fingerprint density at radius 1 is 1.23 bits per heavy atom. The number of hydrogen-bond donors (Lipinski definition) is 2. The number of nitrogens with two attached hydrogens (primary N) is 1. The van der Waals surface area contributed by atoms with E-state index in [4.69, 9.17) is 20.6 Å². The molecule has 9 heteroatoms. The van der Waals surface area contributed by atoms with Gasteiger partial charge in [-0.3, -0.25) is 15.1 Å². The van der Waals surface area contributed by atoms with Crippen LogP contribution in [0.5, 0.6) is 5.88 Å². The Morgan fingerprint density at radius 3 is 2.68 bits per heavy atom. The summed E-state index contributed by atoms with van der Waals surface area (Å²) in [7, 11) is 3.39. The van der Waals surface area contributed by atoms with Gasteiger partial charge in [0, 0.05) is 44.4 Å². The van der Waals surface area contributed by atoms with Crippen molar-refractivity contribution in [2.45, 2.75) is 26.1 Å². The van der Waals surface area contributed by atoms with Gasteiger partial charge in [0.2, 0.25) is 5.88 Å². The molecule has 1 saturated heterocycles. The Morgan fingerprint density at radius 2 is 1.97 bits per heavy atom. The molecule has 2 aromatic heterocycles. The third-order valence-electron chi connectivity index (χ3n) is 5.31. The molecule has 164 valence electrons. The largest absolute Gasteiger partial charge is 0.480 e. The highest BCUT2D eigenvalue weighted by Gasteiger charge is 2.25. The van der Waals surface area contributed by atoms with Crippen LogP contribution in [0.1, 0.15) is 26.5 Å². The Kier molecular flexibility index (Phi) is 5.60. The van der Waals surface area contributed by atoms with Crippen LogP contribution in [0.2, 0.25) is 0 Å². The first kappa shape index (κ1) is 20.8. The number of methoxy groups -OCH3 is 1. The van der Waals surface area contributed by atoms with Gasteiger partial charge in [-0.2, -0.15) is 5.10 Å². The number of nitrogens with zero attached hydrogens (tertiary/aromatic N) is 5. The molecule has 3 heterocycles. The molecule has 2 atom stereocenters. The summed E-state index contributed by atoms with van der Waals surface area (Å²) in [6.07, 6.45) is 3.47. The molecule has 0 radical (unpaired) electrons. The van der Waals surface area contributed by atoms with Crippen molar-refractivity contribution in [3.8, 4) is 17.1 Å². The molecule has 1 aliphatic rings. The van der Waals surface area contributed by atoms with Crippen LogP contribution in [0.4, 0.5) is 11.5 Å². The molecule has 1 aliphatic heterocycles. The molecule has 3 aromatic rings. The van der Waals surface area contributed by atoms with Gasteiger partial charge in [0.15, 0.2) is 5.82 Å². The first-order valence-electron chi connectivity index (χ1n) is 10.2. The quantitative estimate of drug-likeness (QED) is 0.479. The number of nitrogen functional groups attached to an aromatic ring is 1. The summed E-state index contributed by atoms with van der Waals surface area (Å²) in [6.45, 7) is 5.64. The fourth-order valence-corrected chi connectivity index (χ4v) is 3.86. The number of nitrogens with one attached hydrogen (secondary N) is 1. The number of morpholine rings is 1. The highest BCUT2D eigenvalue weighted by Crippen LogP contribution is 2.27. The smallest absolute Gasteiger partial charge is 0.232 e. The fraction of sp³-hybridized carbons (Fsp3) is 0.364. The number of anilines is 2. The van der Waals surface area contributed by atoms with Crippen molar-refractivity contribution in [3.63, 3.8) is 0 Å². The maximum absolute atomic E-state index is 8.85. The summed E-state index contributed by atoms with van der Waals surface area (Å²) in [5, 5.41) is 13.5. The van der Waals surface area contributed by atoms with Crippen molar-refractivity contribution < 1.29 is 10.9 Å². The molecule has 0 saturated carbocycles. The van der Waals surface area contributed by atoms with Gasteiger partial charge < -0.3 is 20.1 Å². The third-order valence-corrected chi connectivity index (χ3v) is 5.31. The second-order valence-corrected chi connectivity index (χ2v) is 7.80. The van der Waals surface area contributed by atoms with Gasteiger partial charge in [0.05, 0.1) is 48.8 Å². The van der Waals surface area contributed by atoms with Gasteiger partial charge in [-0.15, -0.1) is 0 Å². The Balaban J connectivity index is 0.00000289. The normalized spacial score (nSPS) is 18.8. The van der Waals surface area contributed by atoms with E-state index in [1.165, 1.54) is 0 Å². The number of hydrogen-bond acceptors (Lipinski definition) is 8. The summed E-state index contributed by atoms with van der Waals surface area (Å²) in [4.78, 5) is 10.8. The van der Waals surface area contributed by atoms with Crippen LogP contribution in [-0.2, 0) is 11.8 Å². The van der Waals surface area contributed by atoms with Crippen molar-refractivity contribution in [3.05, 3.63) is 47.9 Å². The van der Waals surface area contributed by atoms with Gasteiger partial charge in [-0.25, -0.2) is 4.98 Å². The van der Waals surface area contributed by atoms with Crippen LogP contribution in [0.15, 0.2) is 36.7 Å². The van der Waals surface area contributed by atoms with E-state index in [0.717, 1.165) is 24.5 Å². The zero-order chi connectivity index (χ0) is 22.1. The first-order chi connectivity index (χ1) is 14.9. The van der Waals surface area contributed by atoms with Gasteiger partial charge in [0.25, 0.3) is 0 Å². The van der Waals surface area contributed by atoms with Gasteiger partial charge in [-0.05, 0) is 26.0 Å². The molecular formula is C22H29N7O2. The van der Waals surface area contributed by atoms with Crippen LogP contribution in [-0.4, -0.2) is 57.9 Å². The number of aryl methyl sites for hydroxylation is 1. The molecular weight excluding hydrogens is 394 g/mol. The molecule has 1 aromatic carbocycles. The molecule has 3 N–H and O–H groups in total. The molecule has 0 spiro atoms. The predicted octanol–water partition coefficient (Wildman–Crippen LogP) is 2.74. The molecule has 0 amide bonds. The Labute approximate surface area is 182 Å². The highest BCUT2D eigenvalue weighted by atomic mass is 16.5. The lowest BCUT2D eigenvalue weighted by molar-refractivity contribution is -0.00548. The lowest BCUT2D eigenvalue weighted by atomic mass is 10.0. The van der Waals surface area contributed by atoms with E-state index >= 15 is 0 Å². The summed E-state index contributed by atoms with van der Waals surface area (Å²) < 4.78 is 12.7. The number of ether oxygens (including phenoxy) is 2. The van der Waals surface area contributed by atoms with Gasteiger partial charge in [-0.1, -0.05) is 6.07 Å². The Hall–Kier alpha value is -3.46. The molecule has 0 bridgehead atoms. The Bertz CT molecular complexity index is 1110. The van der Waals surface area contributed by atoms with E-state index in [0.29, 0.717) is 34.2 Å². The SMILES string of the molecule is COc1cncc(-c2ccc(N)c(C(=N)c3cc(N4C[C@@H](C)O[C@@H](C)C4)nn3C)c2)n1.[HH]. The number of rotatable bonds is 5. The monoisotopic (exact) mass is 423 g/mol. The van der Waals surface area contributed by atoms with E-state index in [1.54, 1.807) is 30.3 Å². The number of benzene rings is 1. The van der Waals surface area contributed by atoms with Crippen molar-refractivity contribution in [1.29, 1.82) is 5.41 Å². The lowest BCUT2D eigenvalue weighted by Crippen LogP contribution is -2.45. The summed E-state index contributed by atoms with van der Waals surface area (Å²) in [6, 6.07) is 7.43. The van der Waals surface area contributed by atoms with Crippen molar-refractivity contribution >= 4 is 17.2 Å². The highest BCUT2D eigenvalue weighted by molar-refractivity contribution is 6.13. The number of aromatic nitrogens is 4. The second-order valence-electron chi connectivity index (χ2n) is 7.80. The van der Waals surface area contributed by atoms with Crippen LogP contribution in [0, 0.1) is 5.41 Å². The van der Waals surface area contributed by atoms with E-state index < -0.39 is 0 Å². The van der Waals surface area contributed by atoms with E-state index in [-0.39, 0.29) is 13.6 Å². The molecule has 4 rings (SSSR count). The molecule has 9 nitrogen and oxygen atoms in total. The summed E-state index contributed by atoms with van der Waals surface area (Å²) in [5.41, 5.74) is 9.80. The molecule has 1 fully saturated rings. The van der Waals surface area contributed by atoms with Crippen molar-refractivity contribution in [2.24, 2.45) is 7.05 Å². The zero-order valence-electron chi connectivity index (χ0n) is 18.2. The van der Waals surface area contributed by atoms with Crippen LogP contribution >= 0.6 is 0 Å². The lowest BCUT2D eigenvalue weighted by Gasteiger charge is -2.35. The standard InChI is InChI=1S/C22H27N7O2.H2/c1-13-11-29(12-14(2)31-13)20-8-19(28(3)27-20)22(24)16-7-15(5-6-17(16)23)18-9-25-10-21(26-18)30-4;/h5-10,13-14,24H,11-12,23H2,1-4H3;1H/t13-,14+;. The van der Waals surface area contributed by atoms with Crippen molar-refractivity contribution in [2.75, 3.05) is 30.8 Å². The minimum atomic E-state index is 0. The minimum Gasteiger partial charge on any atom is -0.480 e. The summed E-state index contributed by atoms with van der Waals surface area (Å²) in [5.74, 6) is 1.26. The van der Waals surface area contributed by atoms with Gasteiger partial charge >= 0.3 is 0 Å².